The first-order valence-corrected chi connectivity index (χ1v) is 30.0. The number of hydrogen-bond acceptors (Lipinski definition) is 0. The Balaban J connectivity index is 1.04. The second-order valence-electron chi connectivity index (χ2n) is 20.9. The van der Waals surface area contributed by atoms with E-state index in [4.69, 9.17) is 0 Å². The molecule has 0 unspecified atom stereocenters. The van der Waals surface area contributed by atoms with Gasteiger partial charge in [0, 0.05) is 0 Å². The first-order valence-electron chi connectivity index (χ1n) is 25.8. The van der Waals surface area contributed by atoms with E-state index in [2.05, 4.69) is 264 Å². The van der Waals surface area contributed by atoms with Crippen molar-refractivity contribution in [2.75, 3.05) is 0 Å². The van der Waals surface area contributed by atoms with Gasteiger partial charge in [0.15, 0.2) is 0 Å². The number of hydrogen-bond donors (Lipinski definition) is 0. The molecule has 14 aromatic rings. The summed E-state index contributed by atoms with van der Waals surface area (Å²) < 4.78 is 11.1. The Morgan fingerprint density at radius 1 is 0.247 bits per heavy atom. The van der Waals surface area contributed by atoms with Gasteiger partial charge in [0.05, 0.1) is 0 Å². The fourth-order valence-corrected chi connectivity index (χ4v) is 27.0. The molecule has 0 radical (unpaired) electrons. The number of aromatic nitrogens is 2. The van der Waals surface area contributed by atoms with Crippen molar-refractivity contribution >= 4 is 96.0 Å². The fourth-order valence-electron chi connectivity index (χ4n) is 16.1. The molecule has 0 fully saturated rings. The van der Waals surface area contributed by atoms with Gasteiger partial charge in [0.1, 0.15) is 0 Å². The van der Waals surface area contributed by atoms with Crippen LogP contribution in [-0.4, -0.2) is 22.4 Å². The molecule has 12 aromatic carbocycles. The monoisotopic (exact) mass is 984 g/mol. The number of benzene rings is 12. The maximum atomic E-state index is 2.57. The molecule has 0 amide bonds. The molecule has 73 heavy (non-hydrogen) atoms. The van der Waals surface area contributed by atoms with Crippen molar-refractivity contribution in [3.05, 3.63) is 288 Å². The quantitative estimate of drug-likeness (QED) is 0.156. The van der Waals surface area contributed by atoms with E-state index in [-0.39, 0.29) is 0 Å². The summed E-state index contributed by atoms with van der Waals surface area (Å²) in [5.41, 5.74) is 17.6. The second kappa shape index (κ2) is 13.4. The van der Waals surface area contributed by atoms with Gasteiger partial charge in [-0.05, 0) is 0 Å². The molecule has 18 rings (SSSR count). The van der Waals surface area contributed by atoms with Crippen molar-refractivity contribution in [2.24, 2.45) is 0 Å². The molecule has 3 heterocycles. The molecule has 0 saturated carbocycles. The van der Waals surface area contributed by atoms with E-state index in [1.165, 1.54) is 130 Å². The number of fused-ring (bicyclic) bond motifs is 6. The van der Waals surface area contributed by atoms with Crippen LogP contribution >= 0.6 is 0 Å². The van der Waals surface area contributed by atoms with E-state index in [0.717, 1.165) is 0 Å². The zero-order chi connectivity index (χ0) is 47.4. The third-order valence-electron chi connectivity index (χ3n) is 18.3. The molecule has 2 nitrogen and oxygen atoms in total. The first kappa shape index (κ1) is 39.0. The average Bonchev–Trinajstić information content (AvgIpc) is 4.34. The first-order chi connectivity index (χ1) is 36.3. The molecule has 0 spiro atoms. The predicted octanol–water partition coefficient (Wildman–Crippen LogP) is 13.9. The summed E-state index contributed by atoms with van der Waals surface area (Å²) in [7, 11) is 0. The minimum absolute atomic E-state index is 0.599. The molecule has 0 bridgehead atoms. The Kier molecular flexibility index (Phi) is 7.17. The van der Waals surface area contributed by atoms with Crippen molar-refractivity contribution in [3.63, 3.8) is 0 Å². The summed E-state index contributed by atoms with van der Waals surface area (Å²) in [6.07, 6.45) is 0. The van der Waals surface area contributed by atoms with Crippen molar-refractivity contribution < 1.29 is 0 Å². The van der Waals surface area contributed by atoms with E-state index in [0.29, 0.717) is 0 Å². The van der Waals surface area contributed by atoms with Gasteiger partial charge in [-0.2, -0.15) is 0 Å². The topological polar surface area (TPSA) is 9.86 Å². The zero-order valence-electron chi connectivity index (χ0n) is 39.6. The van der Waals surface area contributed by atoms with Gasteiger partial charge in [-0.25, -0.2) is 0 Å². The summed E-state index contributed by atoms with van der Waals surface area (Å²) >= 11 is -3.67. The molecule has 0 N–H and O–H groups in total. The van der Waals surface area contributed by atoms with Crippen LogP contribution in [0, 0.1) is 0 Å². The third kappa shape index (κ3) is 4.19. The molecule has 4 aliphatic rings. The Hall–Kier alpha value is -8.70. The van der Waals surface area contributed by atoms with Gasteiger partial charge in [0.25, 0.3) is 0 Å². The average molecular weight is 984 g/mol. The van der Waals surface area contributed by atoms with Crippen LogP contribution in [0.3, 0.4) is 0 Å². The Morgan fingerprint density at radius 2 is 0.562 bits per heavy atom. The van der Waals surface area contributed by atoms with Crippen molar-refractivity contribution in [3.8, 4) is 22.5 Å². The van der Waals surface area contributed by atoms with Crippen LogP contribution in [0.2, 0.25) is 0 Å². The molecular weight excluding hydrogens is 941 g/mol. The summed E-state index contributed by atoms with van der Waals surface area (Å²) in [6, 6.07) is 98.8. The van der Waals surface area contributed by atoms with Crippen LogP contribution in [0.15, 0.2) is 255 Å². The van der Waals surface area contributed by atoms with Crippen LogP contribution in [-0.2, 0) is 10.8 Å². The minimum atomic E-state index is -3.67. The van der Waals surface area contributed by atoms with Crippen molar-refractivity contribution in [1.82, 2.24) is 9.13 Å². The van der Waals surface area contributed by atoms with E-state index in [9.17, 15) is 0 Å². The van der Waals surface area contributed by atoms with Crippen LogP contribution in [0.5, 0.6) is 0 Å². The van der Waals surface area contributed by atoms with Gasteiger partial charge in [-0.15, -0.1) is 0 Å². The Labute approximate surface area is 424 Å². The molecule has 0 atom stereocenters. The molecular formula is C70H42GeN2. The van der Waals surface area contributed by atoms with Crippen LogP contribution in [0.1, 0.15) is 33.4 Å². The second-order valence-corrected chi connectivity index (χ2v) is 28.7. The Bertz CT molecular complexity index is 4370. The van der Waals surface area contributed by atoms with Gasteiger partial charge in [-0.1, -0.05) is 24.3 Å². The van der Waals surface area contributed by atoms with Gasteiger partial charge in [0.2, 0.25) is 0 Å². The summed E-state index contributed by atoms with van der Waals surface area (Å²) in [6.45, 7) is 0. The van der Waals surface area contributed by atoms with E-state index >= 15 is 0 Å². The maximum absolute atomic E-state index is 3.67. The molecule has 1 aliphatic heterocycles. The Morgan fingerprint density at radius 3 is 0.959 bits per heavy atom. The van der Waals surface area contributed by atoms with Gasteiger partial charge >= 0.3 is 402 Å². The molecule has 3 heteroatoms. The standard InChI is InChI=1S/C70H42GeN2/c1-3-19-43(20-4-1)71(44-21-5-2-6-22-44)57-33-17-31-53-67(57)68-54(32-18-34-58(68)71)70-55-39-41-63(72-59-35-11-7-23-45(59)46-24-8-12-36-60(46)72)49-27-15-29-51(65(49)55)69(53,70)52-30-16-28-50-64(42-40-56(70)66(50)52)73-61-37-13-9-25-47(61)48-26-10-14-38-62(48)73/h1-42H. The van der Waals surface area contributed by atoms with Crippen LogP contribution < -0.4 is 17.6 Å². The normalized spacial score (nSPS) is 18.1. The number of para-hydroxylation sites is 4. The van der Waals surface area contributed by atoms with Crippen LogP contribution in [0.25, 0.3) is 87.7 Å². The van der Waals surface area contributed by atoms with E-state index < -0.39 is 24.1 Å². The zero-order valence-corrected chi connectivity index (χ0v) is 41.7. The van der Waals surface area contributed by atoms with Gasteiger partial charge in [-0.3, -0.25) is 0 Å². The summed E-state index contributed by atoms with van der Waals surface area (Å²) in [4.78, 5) is 0. The number of rotatable bonds is 4. The van der Waals surface area contributed by atoms with E-state index in [1.807, 2.05) is 0 Å². The molecule has 336 valence electrons. The SMILES string of the molecule is c1cc[c]([Ge]2([c]3ccccc3)[c]3cccc4c3-c3c(ccc[c]32)C23c5ccc(-n6c7ccccc7c7ccccc76)c6cccc(c56)C42c2cccc4c(-n5c6ccccc6c6ccccc65)ccc3c24)cc1. The predicted molar refractivity (Wildman–Crippen MR) is 305 cm³/mol. The summed E-state index contributed by atoms with van der Waals surface area (Å²) in [5, 5.41) is 10.5. The molecule has 0 saturated heterocycles. The van der Waals surface area contributed by atoms with Crippen molar-refractivity contribution in [2.45, 2.75) is 10.8 Å². The number of nitrogens with zero attached hydrogens (tertiary/aromatic N) is 2. The fraction of sp³-hybridized carbons (Fsp3) is 0.0286. The van der Waals surface area contributed by atoms with Gasteiger partial charge < -0.3 is 0 Å². The van der Waals surface area contributed by atoms with E-state index in [1.54, 1.807) is 8.79 Å². The molecule has 2 aromatic heterocycles. The van der Waals surface area contributed by atoms with Crippen LogP contribution in [0.4, 0.5) is 0 Å². The third-order valence-corrected chi connectivity index (χ3v) is 28.4. The summed E-state index contributed by atoms with van der Waals surface area (Å²) in [5.74, 6) is 0. The van der Waals surface area contributed by atoms with Crippen molar-refractivity contribution in [1.29, 1.82) is 0 Å². The molecule has 3 aliphatic carbocycles.